The lowest BCUT2D eigenvalue weighted by molar-refractivity contribution is -0.135. The van der Waals surface area contributed by atoms with E-state index >= 15 is 0 Å². The summed E-state index contributed by atoms with van der Waals surface area (Å²) in [6.07, 6.45) is 3.96. The molecule has 9 nitrogen and oxygen atoms in total. The zero-order chi connectivity index (χ0) is 21.9. The molecular formula is C21H35N7O2. The Morgan fingerprint density at radius 1 is 1.30 bits per heavy atom. The number of carbonyl (C=O) groups excluding carboxylic acids is 1. The second kappa shape index (κ2) is 9.24. The number of likely N-dealkylation sites (N-methyl/N-ethyl adjacent to an activating group) is 1. The molecule has 0 saturated carbocycles. The van der Waals surface area contributed by atoms with Crippen LogP contribution in [0.1, 0.15) is 62.4 Å². The van der Waals surface area contributed by atoms with Gasteiger partial charge in [0, 0.05) is 31.6 Å². The average molecular weight is 418 g/mol. The van der Waals surface area contributed by atoms with Crippen LogP contribution in [0.5, 0.6) is 0 Å². The SMILES string of the molecule is Cc1noc(C)c1CCC(=O)N1CCCC(c2nnnn2CCC(C)C)(N(C)C)C1. The normalized spacial score (nSPS) is 19.8. The maximum absolute atomic E-state index is 13.1. The van der Waals surface area contributed by atoms with Crippen molar-refractivity contribution in [2.24, 2.45) is 5.92 Å². The zero-order valence-electron chi connectivity index (χ0n) is 19.2. The molecular weight excluding hydrogens is 382 g/mol. The molecule has 1 aliphatic heterocycles. The zero-order valence-corrected chi connectivity index (χ0v) is 19.2. The standard InChI is InChI=1S/C21H35N7O2/c1-15(2)10-13-28-20(22-24-25-28)21(26(5)6)11-7-12-27(14-21)19(29)9-8-18-16(3)23-30-17(18)4/h15H,7-14H2,1-6H3. The molecule has 3 heterocycles. The number of aromatic nitrogens is 5. The average Bonchev–Trinajstić information content (AvgIpc) is 3.31. The summed E-state index contributed by atoms with van der Waals surface area (Å²) in [5.74, 6) is 2.38. The number of hydrogen-bond donors (Lipinski definition) is 0. The van der Waals surface area contributed by atoms with E-state index in [0.717, 1.165) is 55.2 Å². The number of amides is 1. The van der Waals surface area contributed by atoms with Gasteiger partial charge in [-0.3, -0.25) is 9.69 Å². The highest BCUT2D eigenvalue weighted by Crippen LogP contribution is 2.35. The van der Waals surface area contributed by atoms with E-state index in [1.54, 1.807) is 0 Å². The molecule has 1 unspecified atom stereocenters. The van der Waals surface area contributed by atoms with Crippen molar-refractivity contribution in [1.29, 1.82) is 0 Å². The van der Waals surface area contributed by atoms with Gasteiger partial charge in [0.2, 0.25) is 5.91 Å². The second-order valence-corrected chi connectivity index (χ2v) is 9.06. The third-order valence-corrected chi connectivity index (χ3v) is 6.32. The van der Waals surface area contributed by atoms with Gasteiger partial charge in [-0.2, -0.15) is 0 Å². The van der Waals surface area contributed by atoms with Gasteiger partial charge in [-0.25, -0.2) is 4.68 Å². The summed E-state index contributed by atoms with van der Waals surface area (Å²) in [7, 11) is 4.11. The monoisotopic (exact) mass is 417 g/mol. The molecule has 0 aromatic carbocycles. The summed E-state index contributed by atoms with van der Waals surface area (Å²) in [4.78, 5) is 17.2. The molecule has 1 aliphatic rings. The molecule has 1 saturated heterocycles. The van der Waals surface area contributed by atoms with Crippen molar-refractivity contribution in [3.8, 4) is 0 Å². The summed E-state index contributed by atoms with van der Waals surface area (Å²) in [5.41, 5.74) is 1.53. The summed E-state index contributed by atoms with van der Waals surface area (Å²) < 4.78 is 7.16. The Morgan fingerprint density at radius 2 is 2.07 bits per heavy atom. The summed E-state index contributed by atoms with van der Waals surface area (Å²) in [6.45, 7) is 10.4. The Morgan fingerprint density at radius 3 is 2.70 bits per heavy atom. The molecule has 0 spiro atoms. The van der Waals surface area contributed by atoms with Gasteiger partial charge in [0.05, 0.1) is 5.69 Å². The van der Waals surface area contributed by atoms with Crippen molar-refractivity contribution >= 4 is 5.91 Å². The Bertz CT molecular complexity index is 838. The number of aryl methyl sites for hydroxylation is 3. The van der Waals surface area contributed by atoms with E-state index in [9.17, 15) is 4.79 Å². The molecule has 3 rings (SSSR count). The molecule has 30 heavy (non-hydrogen) atoms. The van der Waals surface area contributed by atoms with Crippen molar-refractivity contribution in [2.75, 3.05) is 27.2 Å². The molecule has 2 aromatic heterocycles. The third-order valence-electron chi connectivity index (χ3n) is 6.32. The quantitative estimate of drug-likeness (QED) is 0.651. The summed E-state index contributed by atoms with van der Waals surface area (Å²) >= 11 is 0. The maximum atomic E-state index is 13.1. The highest BCUT2D eigenvalue weighted by molar-refractivity contribution is 5.76. The molecule has 0 radical (unpaired) electrons. The number of carbonyl (C=O) groups is 1. The molecule has 1 amide bonds. The number of hydrogen-bond acceptors (Lipinski definition) is 7. The van der Waals surface area contributed by atoms with Gasteiger partial charge in [0.25, 0.3) is 0 Å². The van der Waals surface area contributed by atoms with Crippen molar-refractivity contribution < 1.29 is 9.32 Å². The lowest BCUT2D eigenvalue weighted by Gasteiger charge is -2.46. The molecule has 1 fully saturated rings. The van der Waals surface area contributed by atoms with Crippen molar-refractivity contribution in [2.45, 2.75) is 71.9 Å². The van der Waals surface area contributed by atoms with Crippen LogP contribution >= 0.6 is 0 Å². The van der Waals surface area contributed by atoms with Gasteiger partial charge >= 0.3 is 0 Å². The third kappa shape index (κ3) is 4.55. The first kappa shape index (κ1) is 22.4. The Kier molecular flexibility index (Phi) is 6.90. The van der Waals surface area contributed by atoms with Crippen molar-refractivity contribution in [1.82, 2.24) is 35.2 Å². The van der Waals surface area contributed by atoms with Crippen LogP contribution in [0.2, 0.25) is 0 Å². The van der Waals surface area contributed by atoms with E-state index < -0.39 is 0 Å². The minimum Gasteiger partial charge on any atom is -0.361 e. The van der Waals surface area contributed by atoms with E-state index in [1.165, 1.54) is 0 Å². The molecule has 9 heteroatoms. The number of likely N-dealkylation sites (tertiary alicyclic amines) is 1. The number of tetrazole rings is 1. The van der Waals surface area contributed by atoms with Crippen LogP contribution in [0.15, 0.2) is 4.52 Å². The first-order valence-electron chi connectivity index (χ1n) is 10.9. The fraction of sp³-hybridized carbons (Fsp3) is 0.762. The molecule has 0 aliphatic carbocycles. The number of piperidine rings is 1. The van der Waals surface area contributed by atoms with Gasteiger partial charge in [-0.15, -0.1) is 5.10 Å². The molecule has 166 valence electrons. The van der Waals surface area contributed by atoms with Crippen molar-refractivity contribution in [3.05, 3.63) is 22.8 Å². The van der Waals surface area contributed by atoms with Gasteiger partial charge in [0.1, 0.15) is 11.3 Å². The molecule has 0 bridgehead atoms. The predicted molar refractivity (Wildman–Crippen MR) is 113 cm³/mol. The van der Waals surface area contributed by atoms with Crippen LogP contribution in [0, 0.1) is 19.8 Å². The van der Waals surface area contributed by atoms with Crippen LogP contribution in [-0.4, -0.2) is 68.3 Å². The van der Waals surface area contributed by atoms with Crippen LogP contribution in [0.25, 0.3) is 0 Å². The van der Waals surface area contributed by atoms with Gasteiger partial charge in [-0.05, 0) is 70.0 Å². The first-order chi connectivity index (χ1) is 14.2. The van der Waals surface area contributed by atoms with E-state index in [2.05, 4.69) is 53.5 Å². The molecule has 1 atom stereocenters. The minimum atomic E-state index is -0.378. The van der Waals surface area contributed by atoms with Crippen LogP contribution in [0.4, 0.5) is 0 Å². The number of nitrogens with zero attached hydrogens (tertiary/aromatic N) is 7. The number of rotatable bonds is 8. The fourth-order valence-electron chi connectivity index (χ4n) is 4.31. The van der Waals surface area contributed by atoms with Gasteiger partial charge in [-0.1, -0.05) is 19.0 Å². The van der Waals surface area contributed by atoms with Crippen LogP contribution < -0.4 is 0 Å². The van der Waals surface area contributed by atoms with E-state index in [4.69, 9.17) is 4.52 Å². The minimum absolute atomic E-state index is 0.155. The Hall–Kier alpha value is -2.29. The molecule has 0 N–H and O–H groups in total. The van der Waals surface area contributed by atoms with Crippen LogP contribution in [-0.2, 0) is 23.3 Å². The predicted octanol–water partition coefficient (Wildman–Crippen LogP) is 2.34. The smallest absolute Gasteiger partial charge is 0.222 e. The maximum Gasteiger partial charge on any atom is 0.222 e. The Balaban J connectivity index is 1.76. The first-order valence-corrected chi connectivity index (χ1v) is 10.9. The summed E-state index contributed by atoms with van der Waals surface area (Å²) in [6, 6.07) is 0. The van der Waals surface area contributed by atoms with Crippen LogP contribution in [0.3, 0.4) is 0 Å². The largest absolute Gasteiger partial charge is 0.361 e. The van der Waals surface area contributed by atoms with Gasteiger partial charge < -0.3 is 9.42 Å². The topological polar surface area (TPSA) is 93.2 Å². The second-order valence-electron chi connectivity index (χ2n) is 9.06. The highest BCUT2D eigenvalue weighted by atomic mass is 16.5. The lowest BCUT2D eigenvalue weighted by atomic mass is 9.86. The fourth-order valence-corrected chi connectivity index (χ4v) is 4.31. The van der Waals surface area contributed by atoms with Gasteiger partial charge in [0.15, 0.2) is 5.82 Å². The summed E-state index contributed by atoms with van der Waals surface area (Å²) in [5, 5.41) is 16.6. The van der Waals surface area contributed by atoms with E-state index in [-0.39, 0.29) is 11.4 Å². The lowest BCUT2D eigenvalue weighted by Crippen LogP contribution is -2.56. The van der Waals surface area contributed by atoms with Crippen molar-refractivity contribution in [3.63, 3.8) is 0 Å². The molecule has 2 aromatic rings. The van der Waals surface area contributed by atoms with E-state index in [1.807, 2.05) is 23.4 Å². The highest BCUT2D eigenvalue weighted by Gasteiger charge is 2.44. The van der Waals surface area contributed by atoms with E-state index in [0.29, 0.717) is 25.3 Å². The Labute approximate surface area is 178 Å².